The highest BCUT2D eigenvalue weighted by molar-refractivity contribution is 7.79. The molecule has 1 unspecified atom stereocenters. The third kappa shape index (κ3) is 8.27. The third-order valence-electron chi connectivity index (χ3n) is 2.95. The van der Waals surface area contributed by atoms with Gasteiger partial charge in [-0.05, 0) is 25.1 Å². The first-order valence-corrected chi connectivity index (χ1v) is 8.78. The lowest BCUT2D eigenvalue weighted by molar-refractivity contribution is 0.105. The highest BCUT2D eigenvalue weighted by Gasteiger charge is 2.09. The van der Waals surface area contributed by atoms with Crippen LogP contribution in [0.3, 0.4) is 0 Å². The van der Waals surface area contributed by atoms with E-state index < -0.39 is 16.5 Å². The molecular weight excluding hydrogens is 336 g/mol. The third-order valence-corrected chi connectivity index (χ3v) is 2.95. The van der Waals surface area contributed by atoms with E-state index in [1.54, 1.807) is 0 Å². The van der Waals surface area contributed by atoms with Gasteiger partial charge in [-0.15, -0.1) is 0 Å². The van der Waals surface area contributed by atoms with E-state index in [9.17, 15) is 5.11 Å². The van der Waals surface area contributed by atoms with Gasteiger partial charge in [-0.2, -0.15) is 8.42 Å². The van der Waals surface area contributed by atoms with Crippen molar-refractivity contribution in [2.75, 3.05) is 13.2 Å². The summed E-state index contributed by atoms with van der Waals surface area (Å²) in [5.41, 5.74) is 2.16. The molecule has 1 heterocycles. The molecule has 9 heteroatoms. The maximum atomic E-state index is 9.84. The number of hydrogen-bond donors (Lipinski definition) is 5. The molecule has 0 saturated carbocycles. The molecule has 0 aliphatic rings. The van der Waals surface area contributed by atoms with Gasteiger partial charge in [0.1, 0.15) is 18.5 Å². The van der Waals surface area contributed by atoms with Crippen LogP contribution < -0.4 is 10.1 Å². The van der Waals surface area contributed by atoms with Crippen LogP contribution in [-0.2, 0) is 10.4 Å². The standard InChI is InChI=1S/C15H22N2O2.H2O4S/c1-10(2)16-8-12(18)9-19-15-6-4-5-14-13(15)7-11(3)17-14;1-5(2,3)4/h4-7,10,12,16-18H,8-9H2,1-3H3;(H2,1,2,3,4). The van der Waals surface area contributed by atoms with E-state index in [1.165, 1.54) is 0 Å². The number of H-pyrrole nitrogens is 1. The maximum absolute atomic E-state index is 9.84. The molecule has 0 amide bonds. The number of aliphatic hydroxyl groups excluding tert-OH is 1. The number of hydrogen-bond acceptors (Lipinski definition) is 5. The van der Waals surface area contributed by atoms with Gasteiger partial charge in [0.25, 0.3) is 0 Å². The van der Waals surface area contributed by atoms with Crippen LogP contribution in [0.15, 0.2) is 24.3 Å². The second kappa shape index (κ2) is 9.00. The van der Waals surface area contributed by atoms with Crippen LogP contribution in [-0.4, -0.2) is 52.9 Å². The van der Waals surface area contributed by atoms with E-state index in [0.29, 0.717) is 19.2 Å². The Morgan fingerprint density at radius 1 is 1.29 bits per heavy atom. The second-order valence-corrected chi connectivity index (χ2v) is 6.54. The molecule has 2 rings (SSSR count). The first-order chi connectivity index (χ1) is 11.1. The van der Waals surface area contributed by atoms with Crippen molar-refractivity contribution < 1.29 is 27.4 Å². The SMILES string of the molecule is Cc1cc2c(OCC(O)CNC(C)C)cccc2[nH]1.O=S(=O)(O)O. The second-order valence-electron chi connectivity index (χ2n) is 5.65. The summed E-state index contributed by atoms with van der Waals surface area (Å²) < 4.78 is 37.3. The smallest absolute Gasteiger partial charge is 0.394 e. The number of rotatable bonds is 6. The summed E-state index contributed by atoms with van der Waals surface area (Å²) in [5.74, 6) is 0.811. The molecule has 1 aromatic carbocycles. The minimum Gasteiger partial charge on any atom is -0.490 e. The average molecular weight is 360 g/mol. The fraction of sp³-hybridized carbons (Fsp3) is 0.467. The summed E-state index contributed by atoms with van der Waals surface area (Å²) >= 11 is 0. The van der Waals surface area contributed by atoms with Crippen molar-refractivity contribution in [3.05, 3.63) is 30.0 Å². The van der Waals surface area contributed by atoms with Crippen molar-refractivity contribution in [3.8, 4) is 5.75 Å². The van der Waals surface area contributed by atoms with Crippen molar-refractivity contribution in [1.29, 1.82) is 0 Å². The van der Waals surface area contributed by atoms with Crippen LogP contribution in [0.1, 0.15) is 19.5 Å². The zero-order valence-electron chi connectivity index (χ0n) is 13.9. The van der Waals surface area contributed by atoms with Crippen molar-refractivity contribution in [2.24, 2.45) is 0 Å². The first-order valence-electron chi connectivity index (χ1n) is 7.38. The predicted octanol–water partition coefficient (Wildman–Crippen LogP) is 1.56. The van der Waals surface area contributed by atoms with E-state index in [-0.39, 0.29) is 0 Å². The summed E-state index contributed by atoms with van der Waals surface area (Å²) in [4.78, 5) is 3.27. The largest absolute Gasteiger partial charge is 0.490 e. The molecule has 1 aromatic heterocycles. The molecular formula is C15H24N2O6S. The molecule has 0 fully saturated rings. The Bertz CT molecular complexity index is 734. The molecule has 8 nitrogen and oxygen atoms in total. The summed E-state index contributed by atoms with van der Waals surface area (Å²) in [6.45, 7) is 6.96. The minimum atomic E-state index is -4.67. The van der Waals surface area contributed by atoms with Crippen molar-refractivity contribution in [2.45, 2.75) is 32.9 Å². The maximum Gasteiger partial charge on any atom is 0.394 e. The van der Waals surface area contributed by atoms with Crippen LogP contribution in [0.2, 0.25) is 0 Å². The molecule has 2 aromatic rings. The zero-order chi connectivity index (χ0) is 18.3. The zero-order valence-corrected chi connectivity index (χ0v) is 14.7. The Balaban J connectivity index is 0.000000505. The van der Waals surface area contributed by atoms with Gasteiger partial charge >= 0.3 is 10.4 Å². The number of nitrogens with one attached hydrogen (secondary N) is 2. The summed E-state index contributed by atoms with van der Waals surface area (Å²) in [5, 5.41) is 14.1. The number of aliphatic hydroxyl groups is 1. The van der Waals surface area contributed by atoms with Gasteiger partial charge < -0.3 is 20.1 Å². The lowest BCUT2D eigenvalue weighted by atomic mass is 10.2. The first kappa shape index (κ1) is 20.4. The van der Waals surface area contributed by atoms with E-state index in [0.717, 1.165) is 22.3 Å². The van der Waals surface area contributed by atoms with E-state index in [4.69, 9.17) is 22.3 Å². The highest BCUT2D eigenvalue weighted by atomic mass is 32.3. The van der Waals surface area contributed by atoms with Gasteiger partial charge in [0.05, 0.1) is 0 Å². The van der Waals surface area contributed by atoms with Crippen molar-refractivity contribution >= 4 is 21.3 Å². The fourth-order valence-electron chi connectivity index (χ4n) is 2.01. The number of ether oxygens (including phenoxy) is 1. The Morgan fingerprint density at radius 3 is 2.50 bits per heavy atom. The Kier molecular flexibility index (Phi) is 7.64. The molecule has 24 heavy (non-hydrogen) atoms. The molecule has 0 bridgehead atoms. The van der Waals surface area contributed by atoms with Crippen LogP contribution >= 0.6 is 0 Å². The number of aryl methyl sites for hydroxylation is 1. The van der Waals surface area contributed by atoms with Crippen LogP contribution in [0.5, 0.6) is 5.75 Å². The molecule has 136 valence electrons. The molecule has 0 aliphatic carbocycles. The molecule has 0 radical (unpaired) electrons. The van der Waals surface area contributed by atoms with E-state index in [2.05, 4.69) is 30.2 Å². The van der Waals surface area contributed by atoms with Crippen LogP contribution in [0.25, 0.3) is 10.9 Å². The normalized spacial score (nSPS) is 12.8. The monoisotopic (exact) mass is 360 g/mol. The Hall–Kier alpha value is -1.65. The summed E-state index contributed by atoms with van der Waals surface area (Å²) in [7, 11) is -4.67. The van der Waals surface area contributed by atoms with Crippen LogP contribution in [0, 0.1) is 6.92 Å². The van der Waals surface area contributed by atoms with E-state index >= 15 is 0 Å². The van der Waals surface area contributed by atoms with Gasteiger partial charge in [0.2, 0.25) is 0 Å². The lowest BCUT2D eigenvalue weighted by Gasteiger charge is -2.15. The Labute approximate surface area is 141 Å². The van der Waals surface area contributed by atoms with Gasteiger partial charge in [-0.1, -0.05) is 19.9 Å². The van der Waals surface area contributed by atoms with E-state index in [1.807, 2.05) is 25.1 Å². The lowest BCUT2D eigenvalue weighted by Crippen LogP contribution is -2.35. The fourth-order valence-corrected chi connectivity index (χ4v) is 2.01. The van der Waals surface area contributed by atoms with Crippen molar-refractivity contribution in [3.63, 3.8) is 0 Å². The molecule has 0 saturated heterocycles. The number of benzene rings is 1. The predicted molar refractivity (Wildman–Crippen MR) is 91.9 cm³/mol. The number of aromatic nitrogens is 1. The summed E-state index contributed by atoms with van der Waals surface area (Å²) in [6.07, 6.45) is -0.502. The topological polar surface area (TPSA) is 132 Å². The van der Waals surface area contributed by atoms with Crippen molar-refractivity contribution in [1.82, 2.24) is 10.3 Å². The highest BCUT2D eigenvalue weighted by Crippen LogP contribution is 2.26. The van der Waals surface area contributed by atoms with Crippen LogP contribution in [0.4, 0.5) is 0 Å². The molecule has 0 spiro atoms. The van der Waals surface area contributed by atoms with Gasteiger partial charge in [0, 0.05) is 29.2 Å². The van der Waals surface area contributed by atoms with Gasteiger partial charge in [-0.25, -0.2) is 0 Å². The molecule has 5 N–H and O–H groups in total. The van der Waals surface area contributed by atoms with Gasteiger partial charge in [-0.3, -0.25) is 9.11 Å². The molecule has 1 atom stereocenters. The number of fused-ring (bicyclic) bond motifs is 1. The number of aromatic amines is 1. The summed E-state index contributed by atoms with van der Waals surface area (Å²) in [6, 6.07) is 8.32. The van der Waals surface area contributed by atoms with Gasteiger partial charge in [0.15, 0.2) is 0 Å². The molecule has 0 aliphatic heterocycles. The average Bonchev–Trinajstić information content (AvgIpc) is 2.81. The Morgan fingerprint density at radius 2 is 1.92 bits per heavy atom. The quantitative estimate of drug-likeness (QED) is 0.494. The minimum absolute atomic E-state index is 0.295.